The van der Waals surface area contributed by atoms with Gasteiger partial charge in [-0.3, -0.25) is 0 Å². The summed E-state index contributed by atoms with van der Waals surface area (Å²) in [5.74, 6) is 0.428. The Balaban J connectivity index is 1.52. The van der Waals surface area contributed by atoms with Crippen LogP contribution in [-0.4, -0.2) is 30.5 Å². The molecule has 3 aromatic heterocycles. The number of hydrogen-bond acceptors (Lipinski definition) is 7. The van der Waals surface area contributed by atoms with Crippen molar-refractivity contribution in [1.82, 2.24) is 24.5 Å². The predicted molar refractivity (Wildman–Crippen MR) is 98.9 cm³/mol. The van der Waals surface area contributed by atoms with Gasteiger partial charge < -0.3 is 9.88 Å². The third kappa shape index (κ3) is 3.40. The zero-order valence-corrected chi connectivity index (χ0v) is 15.1. The summed E-state index contributed by atoms with van der Waals surface area (Å²) in [7, 11) is 0. The molecule has 4 rings (SSSR count). The maximum atomic E-state index is 9.01. The summed E-state index contributed by atoms with van der Waals surface area (Å²) >= 11 is 5.99. The first kappa shape index (κ1) is 17.2. The number of nitriles is 2. The van der Waals surface area contributed by atoms with Crippen LogP contribution >= 0.6 is 11.6 Å². The first-order chi connectivity index (χ1) is 13.2. The molecule has 0 unspecified atom stereocenters. The molecule has 1 saturated carbocycles. The van der Waals surface area contributed by atoms with Crippen LogP contribution in [-0.2, 0) is 0 Å². The second-order valence-electron chi connectivity index (χ2n) is 6.50. The van der Waals surface area contributed by atoms with E-state index >= 15 is 0 Å². The summed E-state index contributed by atoms with van der Waals surface area (Å²) in [5.41, 5.74) is 2.28. The van der Waals surface area contributed by atoms with Crippen LogP contribution in [0.2, 0.25) is 5.15 Å². The third-order valence-electron chi connectivity index (χ3n) is 4.78. The van der Waals surface area contributed by atoms with Gasteiger partial charge in [-0.15, -0.1) is 0 Å². The van der Waals surface area contributed by atoms with Gasteiger partial charge in [0.25, 0.3) is 0 Å². The fraction of sp³-hybridized carbons (Fsp3) is 0.333. The Morgan fingerprint density at radius 1 is 1.15 bits per heavy atom. The van der Waals surface area contributed by atoms with Crippen LogP contribution < -0.4 is 5.32 Å². The van der Waals surface area contributed by atoms with Gasteiger partial charge in [0.2, 0.25) is 5.95 Å². The number of nitrogens with zero attached hydrogens (tertiary/aromatic N) is 7. The first-order valence-electron chi connectivity index (χ1n) is 8.60. The largest absolute Gasteiger partial charge is 0.351 e. The number of nitrogens with one attached hydrogen (secondary N) is 1. The van der Waals surface area contributed by atoms with Crippen LogP contribution in [0.4, 0.5) is 5.95 Å². The Labute approximate surface area is 160 Å². The molecule has 134 valence electrons. The van der Waals surface area contributed by atoms with Crippen molar-refractivity contribution in [1.29, 1.82) is 10.5 Å². The minimum Gasteiger partial charge on any atom is -0.351 e. The number of anilines is 1. The molecule has 3 aromatic rings. The SMILES string of the molecule is N#Cc1cnc2c(c1)ncn2[C@H]1CCC[C@@H](Nc2ncc(C#N)c(Cl)n2)C1. The molecular weight excluding hydrogens is 364 g/mol. The second kappa shape index (κ2) is 7.18. The summed E-state index contributed by atoms with van der Waals surface area (Å²) in [4.78, 5) is 17.1. The van der Waals surface area contributed by atoms with Crippen LogP contribution in [0.1, 0.15) is 42.9 Å². The van der Waals surface area contributed by atoms with Gasteiger partial charge in [-0.2, -0.15) is 15.5 Å². The Morgan fingerprint density at radius 2 is 2.04 bits per heavy atom. The van der Waals surface area contributed by atoms with Crippen LogP contribution in [0, 0.1) is 22.7 Å². The summed E-state index contributed by atoms with van der Waals surface area (Å²) < 4.78 is 2.08. The van der Waals surface area contributed by atoms with Crippen molar-refractivity contribution in [3.8, 4) is 12.1 Å². The molecule has 0 saturated heterocycles. The van der Waals surface area contributed by atoms with Crippen LogP contribution in [0.15, 0.2) is 24.8 Å². The molecule has 9 heteroatoms. The molecule has 0 aromatic carbocycles. The average Bonchev–Trinajstić information content (AvgIpc) is 3.11. The van der Waals surface area contributed by atoms with Crippen molar-refractivity contribution in [2.24, 2.45) is 0 Å². The van der Waals surface area contributed by atoms with Gasteiger partial charge in [0, 0.05) is 18.3 Å². The van der Waals surface area contributed by atoms with E-state index in [4.69, 9.17) is 22.1 Å². The molecule has 1 fully saturated rings. The fourth-order valence-corrected chi connectivity index (χ4v) is 3.65. The number of aromatic nitrogens is 5. The molecule has 8 nitrogen and oxygen atoms in total. The number of imidazole rings is 1. The molecule has 3 heterocycles. The minimum absolute atomic E-state index is 0.153. The maximum absolute atomic E-state index is 9.01. The van der Waals surface area contributed by atoms with Crippen LogP contribution in [0.25, 0.3) is 11.2 Å². The number of fused-ring (bicyclic) bond motifs is 1. The van der Waals surface area contributed by atoms with E-state index in [1.54, 1.807) is 18.6 Å². The molecule has 1 aliphatic carbocycles. The van der Waals surface area contributed by atoms with Crippen molar-refractivity contribution >= 4 is 28.7 Å². The summed E-state index contributed by atoms with van der Waals surface area (Å²) in [6, 6.07) is 6.23. The summed E-state index contributed by atoms with van der Waals surface area (Å²) in [6.07, 6.45) is 8.73. The molecular formula is C18H15ClN8. The van der Waals surface area contributed by atoms with E-state index in [-0.39, 0.29) is 22.8 Å². The van der Waals surface area contributed by atoms with Gasteiger partial charge in [0.15, 0.2) is 10.8 Å². The Hall–Kier alpha value is -3.23. The lowest BCUT2D eigenvalue weighted by Gasteiger charge is -2.30. The number of rotatable bonds is 3. The molecule has 2 atom stereocenters. The highest BCUT2D eigenvalue weighted by molar-refractivity contribution is 6.30. The van der Waals surface area contributed by atoms with Crippen molar-refractivity contribution in [3.63, 3.8) is 0 Å². The zero-order chi connectivity index (χ0) is 18.8. The van der Waals surface area contributed by atoms with Gasteiger partial charge in [-0.25, -0.2) is 15.0 Å². The lowest BCUT2D eigenvalue weighted by atomic mass is 9.91. The van der Waals surface area contributed by atoms with Crippen molar-refractivity contribution in [2.45, 2.75) is 37.8 Å². The van der Waals surface area contributed by atoms with Crippen molar-refractivity contribution in [3.05, 3.63) is 41.1 Å². The summed E-state index contributed by atoms with van der Waals surface area (Å²) in [5, 5.41) is 21.4. The number of hydrogen-bond donors (Lipinski definition) is 1. The van der Waals surface area contributed by atoms with Crippen molar-refractivity contribution < 1.29 is 0 Å². The highest BCUT2D eigenvalue weighted by Gasteiger charge is 2.25. The topological polar surface area (TPSA) is 116 Å². The lowest BCUT2D eigenvalue weighted by molar-refractivity contribution is 0.335. The average molecular weight is 379 g/mol. The fourth-order valence-electron chi connectivity index (χ4n) is 3.48. The van der Waals surface area contributed by atoms with E-state index in [0.717, 1.165) is 36.8 Å². The highest BCUT2D eigenvalue weighted by atomic mass is 35.5. The molecule has 0 radical (unpaired) electrons. The Bertz CT molecular complexity index is 1080. The number of halogens is 1. The standard InChI is InChI=1S/C18H15ClN8/c19-16-12(7-21)9-23-18(26-16)25-13-2-1-3-14(5-13)27-10-24-15-4-11(6-20)8-22-17(15)27/h4,8-10,13-14H,1-3,5H2,(H,23,25,26)/t13-,14+/m1/s1. The van der Waals surface area contributed by atoms with Gasteiger partial charge in [-0.05, 0) is 31.7 Å². The molecule has 0 bridgehead atoms. The van der Waals surface area contributed by atoms with E-state index in [1.807, 2.05) is 6.07 Å². The smallest absolute Gasteiger partial charge is 0.224 e. The highest BCUT2D eigenvalue weighted by Crippen LogP contribution is 2.32. The third-order valence-corrected chi connectivity index (χ3v) is 5.07. The molecule has 0 aliphatic heterocycles. The van der Waals surface area contributed by atoms with E-state index in [9.17, 15) is 0 Å². The van der Waals surface area contributed by atoms with E-state index < -0.39 is 0 Å². The zero-order valence-electron chi connectivity index (χ0n) is 14.3. The summed E-state index contributed by atoms with van der Waals surface area (Å²) in [6.45, 7) is 0. The molecule has 0 spiro atoms. The minimum atomic E-state index is 0.153. The molecule has 27 heavy (non-hydrogen) atoms. The Kier molecular flexibility index (Phi) is 4.57. The van der Waals surface area contributed by atoms with E-state index in [0.29, 0.717) is 11.5 Å². The quantitative estimate of drug-likeness (QED) is 0.695. The van der Waals surface area contributed by atoms with E-state index in [2.05, 4.69) is 35.9 Å². The molecule has 0 amide bonds. The van der Waals surface area contributed by atoms with Crippen molar-refractivity contribution in [2.75, 3.05) is 5.32 Å². The van der Waals surface area contributed by atoms with Gasteiger partial charge >= 0.3 is 0 Å². The monoisotopic (exact) mass is 378 g/mol. The van der Waals surface area contributed by atoms with Gasteiger partial charge in [0.05, 0.1) is 18.1 Å². The Morgan fingerprint density at radius 3 is 2.81 bits per heavy atom. The lowest BCUT2D eigenvalue weighted by Crippen LogP contribution is -2.29. The molecule has 1 aliphatic rings. The predicted octanol–water partition coefficient (Wildman–Crippen LogP) is 3.21. The van der Waals surface area contributed by atoms with Crippen LogP contribution in [0.3, 0.4) is 0 Å². The van der Waals surface area contributed by atoms with E-state index in [1.165, 1.54) is 6.20 Å². The van der Waals surface area contributed by atoms with Gasteiger partial charge in [0.1, 0.15) is 23.2 Å². The first-order valence-corrected chi connectivity index (χ1v) is 8.97. The number of pyridine rings is 1. The second-order valence-corrected chi connectivity index (χ2v) is 6.86. The van der Waals surface area contributed by atoms with Gasteiger partial charge in [-0.1, -0.05) is 11.6 Å². The van der Waals surface area contributed by atoms with Crippen LogP contribution in [0.5, 0.6) is 0 Å². The maximum Gasteiger partial charge on any atom is 0.224 e. The molecule has 1 N–H and O–H groups in total. The normalized spacial score (nSPS) is 19.4.